The highest BCUT2D eigenvalue weighted by atomic mass is 19.3. The number of hydrogen-bond acceptors (Lipinski definition) is 4. The standard InChI is InChI=1S/C24H24F2N2O5/c25-20(26)11-19(21(29)27-13-24(9-10-24)22(30)31)28-23(32)33-12-18-16-7-3-1-5-14(16)15-6-2-4-8-17(15)18/h1-8,18-20H,9-13H2,(H,27,29)(H,28,32)(H,30,31). The molecule has 174 valence electrons. The van der Waals surface area contributed by atoms with Gasteiger partial charge in [0.25, 0.3) is 0 Å². The van der Waals surface area contributed by atoms with Gasteiger partial charge in [-0.1, -0.05) is 48.5 Å². The number of halogens is 2. The maximum Gasteiger partial charge on any atom is 0.407 e. The molecule has 2 aromatic rings. The van der Waals surface area contributed by atoms with Gasteiger partial charge in [-0.3, -0.25) is 9.59 Å². The first kappa shape index (κ1) is 22.7. The molecule has 0 saturated heterocycles. The summed E-state index contributed by atoms with van der Waals surface area (Å²) in [4.78, 5) is 36.0. The Bertz CT molecular complexity index is 1020. The maximum absolute atomic E-state index is 13.0. The van der Waals surface area contributed by atoms with Gasteiger partial charge in [0, 0.05) is 18.9 Å². The molecule has 33 heavy (non-hydrogen) atoms. The number of benzene rings is 2. The second-order valence-electron chi connectivity index (χ2n) is 8.45. The molecule has 9 heteroatoms. The molecular formula is C24H24F2N2O5. The quantitative estimate of drug-likeness (QED) is 0.533. The van der Waals surface area contributed by atoms with Crippen LogP contribution in [-0.2, 0) is 14.3 Å². The van der Waals surface area contributed by atoms with Crippen molar-refractivity contribution in [2.24, 2.45) is 5.41 Å². The van der Waals surface area contributed by atoms with E-state index in [1.807, 2.05) is 48.5 Å². The molecular weight excluding hydrogens is 434 g/mol. The van der Waals surface area contributed by atoms with Crippen molar-refractivity contribution in [1.29, 1.82) is 0 Å². The minimum atomic E-state index is -2.84. The number of alkyl halides is 2. The molecule has 0 radical (unpaired) electrons. The maximum atomic E-state index is 13.0. The van der Waals surface area contributed by atoms with E-state index in [2.05, 4.69) is 10.6 Å². The number of ether oxygens (including phenoxy) is 1. The highest BCUT2D eigenvalue weighted by Crippen LogP contribution is 2.45. The SMILES string of the molecule is O=C(NC(CC(F)F)C(=O)NCC1(C(=O)O)CC1)OCC1c2ccccc2-c2ccccc21. The summed E-state index contributed by atoms with van der Waals surface area (Å²) in [5.41, 5.74) is 3.04. The van der Waals surface area contributed by atoms with Crippen LogP contribution in [0.15, 0.2) is 48.5 Å². The van der Waals surface area contributed by atoms with Crippen molar-refractivity contribution in [3.8, 4) is 11.1 Å². The van der Waals surface area contributed by atoms with E-state index in [1.54, 1.807) is 0 Å². The Kier molecular flexibility index (Phi) is 6.31. The molecule has 0 spiro atoms. The highest BCUT2D eigenvalue weighted by molar-refractivity contribution is 5.87. The molecule has 1 saturated carbocycles. The van der Waals surface area contributed by atoms with Crippen LogP contribution < -0.4 is 10.6 Å². The molecule has 2 amide bonds. The van der Waals surface area contributed by atoms with Crippen molar-refractivity contribution in [3.63, 3.8) is 0 Å². The van der Waals surface area contributed by atoms with Crippen LogP contribution in [0.25, 0.3) is 11.1 Å². The van der Waals surface area contributed by atoms with Gasteiger partial charge >= 0.3 is 12.1 Å². The van der Waals surface area contributed by atoms with E-state index < -0.39 is 42.3 Å². The largest absolute Gasteiger partial charge is 0.481 e. The normalized spacial score (nSPS) is 16.5. The van der Waals surface area contributed by atoms with Gasteiger partial charge in [-0.05, 0) is 35.1 Å². The number of carbonyl (C=O) groups is 3. The number of hydrogen-bond donors (Lipinski definition) is 3. The molecule has 2 aliphatic carbocycles. The van der Waals surface area contributed by atoms with Gasteiger partial charge in [-0.2, -0.15) is 0 Å². The topological polar surface area (TPSA) is 105 Å². The molecule has 7 nitrogen and oxygen atoms in total. The Morgan fingerprint density at radius 3 is 2.12 bits per heavy atom. The average molecular weight is 458 g/mol. The zero-order valence-corrected chi connectivity index (χ0v) is 17.7. The van der Waals surface area contributed by atoms with Gasteiger partial charge in [0.1, 0.15) is 12.6 Å². The Hall–Kier alpha value is -3.49. The van der Waals surface area contributed by atoms with Crippen molar-refractivity contribution in [3.05, 3.63) is 59.7 Å². The predicted molar refractivity (Wildman–Crippen MR) is 115 cm³/mol. The van der Waals surface area contributed by atoms with E-state index >= 15 is 0 Å². The second-order valence-corrected chi connectivity index (χ2v) is 8.45. The molecule has 0 bridgehead atoms. The first-order chi connectivity index (χ1) is 15.8. The van der Waals surface area contributed by atoms with Gasteiger partial charge in [0.2, 0.25) is 12.3 Å². The molecule has 3 N–H and O–H groups in total. The Labute approximate surface area is 189 Å². The molecule has 0 aliphatic heterocycles. The third-order valence-electron chi connectivity index (χ3n) is 6.27. The Morgan fingerprint density at radius 2 is 1.61 bits per heavy atom. The summed E-state index contributed by atoms with van der Waals surface area (Å²) in [6, 6.07) is 14.0. The number of nitrogens with one attached hydrogen (secondary N) is 2. The fourth-order valence-electron chi connectivity index (χ4n) is 4.19. The summed E-state index contributed by atoms with van der Waals surface area (Å²) >= 11 is 0. The van der Waals surface area contributed by atoms with E-state index in [-0.39, 0.29) is 19.1 Å². The van der Waals surface area contributed by atoms with Gasteiger partial charge < -0.3 is 20.5 Å². The number of fused-ring (bicyclic) bond motifs is 3. The molecule has 1 atom stereocenters. The molecule has 0 aromatic heterocycles. The monoisotopic (exact) mass is 458 g/mol. The zero-order valence-electron chi connectivity index (χ0n) is 17.7. The first-order valence-corrected chi connectivity index (χ1v) is 10.7. The lowest BCUT2D eigenvalue weighted by molar-refractivity contribution is -0.143. The lowest BCUT2D eigenvalue weighted by Gasteiger charge is -2.20. The van der Waals surface area contributed by atoms with Crippen molar-refractivity contribution < 1.29 is 33.0 Å². The smallest absolute Gasteiger partial charge is 0.407 e. The van der Waals surface area contributed by atoms with Crippen molar-refractivity contribution in [1.82, 2.24) is 10.6 Å². The molecule has 0 heterocycles. The summed E-state index contributed by atoms with van der Waals surface area (Å²) in [7, 11) is 0. The third-order valence-corrected chi connectivity index (χ3v) is 6.27. The van der Waals surface area contributed by atoms with E-state index in [0.29, 0.717) is 12.8 Å². The predicted octanol–water partition coefficient (Wildman–Crippen LogP) is 3.53. The lowest BCUT2D eigenvalue weighted by atomic mass is 9.98. The number of amides is 2. The summed E-state index contributed by atoms with van der Waals surface area (Å²) in [5.74, 6) is -2.12. The number of carboxylic acids is 1. The number of carbonyl (C=O) groups excluding carboxylic acids is 2. The summed E-state index contributed by atoms with van der Waals surface area (Å²) in [5, 5.41) is 13.8. The molecule has 1 fully saturated rings. The number of carboxylic acid groups (broad SMARTS) is 1. The van der Waals surface area contributed by atoms with Crippen LogP contribution in [0.5, 0.6) is 0 Å². The van der Waals surface area contributed by atoms with Gasteiger partial charge in [-0.25, -0.2) is 13.6 Å². The minimum Gasteiger partial charge on any atom is -0.481 e. The Balaban J connectivity index is 1.38. The average Bonchev–Trinajstić information content (AvgIpc) is 3.52. The van der Waals surface area contributed by atoms with Crippen molar-refractivity contribution >= 4 is 18.0 Å². The highest BCUT2D eigenvalue weighted by Gasteiger charge is 2.50. The van der Waals surface area contributed by atoms with E-state index in [1.165, 1.54) is 0 Å². The lowest BCUT2D eigenvalue weighted by Crippen LogP contribution is -2.49. The summed E-state index contributed by atoms with van der Waals surface area (Å²) in [6.45, 7) is -0.196. The van der Waals surface area contributed by atoms with Crippen LogP contribution in [0.1, 0.15) is 36.3 Å². The second kappa shape index (κ2) is 9.17. The fourth-order valence-corrected chi connectivity index (χ4v) is 4.19. The summed E-state index contributed by atoms with van der Waals surface area (Å²) < 4.78 is 31.3. The van der Waals surface area contributed by atoms with Crippen molar-refractivity contribution in [2.75, 3.05) is 13.2 Å². The molecule has 2 aliphatic rings. The van der Waals surface area contributed by atoms with Gasteiger partial charge in [-0.15, -0.1) is 0 Å². The summed E-state index contributed by atoms with van der Waals surface area (Å²) in [6.07, 6.45) is -3.93. The van der Waals surface area contributed by atoms with Crippen LogP contribution in [0, 0.1) is 5.41 Å². The molecule has 1 unspecified atom stereocenters. The number of alkyl carbamates (subject to hydrolysis) is 1. The van der Waals surface area contributed by atoms with E-state index in [4.69, 9.17) is 4.74 Å². The number of aliphatic carboxylic acids is 1. The van der Waals surface area contributed by atoms with Crippen LogP contribution >= 0.6 is 0 Å². The zero-order chi connectivity index (χ0) is 23.6. The van der Waals surface area contributed by atoms with Crippen molar-refractivity contribution in [2.45, 2.75) is 37.6 Å². The van der Waals surface area contributed by atoms with E-state index in [0.717, 1.165) is 22.3 Å². The van der Waals surface area contributed by atoms with Crippen LogP contribution in [0.2, 0.25) is 0 Å². The van der Waals surface area contributed by atoms with Crippen LogP contribution in [0.4, 0.5) is 13.6 Å². The third kappa shape index (κ3) is 4.81. The fraction of sp³-hybridized carbons (Fsp3) is 0.375. The minimum absolute atomic E-state index is 0.0228. The van der Waals surface area contributed by atoms with E-state index in [9.17, 15) is 28.3 Å². The van der Waals surface area contributed by atoms with Gasteiger partial charge in [0.05, 0.1) is 5.41 Å². The van der Waals surface area contributed by atoms with Crippen LogP contribution in [0.3, 0.4) is 0 Å². The molecule has 4 rings (SSSR count). The molecule has 2 aromatic carbocycles. The van der Waals surface area contributed by atoms with Crippen LogP contribution in [-0.4, -0.2) is 48.7 Å². The number of rotatable bonds is 9. The van der Waals surface area contributed by atoms with Gasteiger partial charge in [0.15, 0.2) is 0 Å². The Morgan fingerprint density at radius 1 is 1.03 bits per heavy atom. The first-order valence-electron chi connectivity index (χ1n) is 10.7.